The van der Waals surface area contributed by atoms with E-state index >= 15 is 0 Å². The zero-order chi connectivity index (χ0) is 13.0. The standard InChI is InChI=1S/C13H16BrClN2O/c14-10-6-9(7-11(15)8-10)13(18)17-12-2-1-4-16-5-3-12/h6-8,12,16H,1-5H2,(H,17,18). The molecule has 98 valence electrons. The lowest BCUT2D eigenvalue weighted by Gasteiger charge is -2.16. The van der Waals surface area contributed by atoms with Crippen LogP contribution in [0.3, 0.4) is 0 Å². The third-order valence-electron chi connectivity index (χ3n) is 3.04. The highest BCUT2D eigenvalue weighted by atomic mass is 79.9. The van der Waals surface area contributed by atoms with E-state index in [9.17, 15) is 4.79 Å². The van der Waals surface area contributed by atoms with Crippen molar-refractivity contribution in [2.24, 2.45) is 0 Å². The van der Waals surface area contributed by atoms with Crippen LogP contribution < -0.4 is 10.6 Å². The second-order valence-corrected chi connectivity index (χ2v) is 5.86. The second kappa shape index (κ2) is 6.55. The van der Waals surface area contributed by atoms with Gasteiger partial charge in [0.2, 0.25) is 0 Å². The molecule has 2 rings (SSSR count). The topological polar surface area (TPSA) is 41.1 Å². The van der Waals surface area contributed by atoms with Crippen LogP contribution in [0, 0.1) is 0 Å². The highest BCUT2D eigenvalue weighted by Crippen LogP contribution is 2.20. The fraction of sp³-hybridized carbons (Fsp3) is 0.462. The van der Waals surface area contributed by atoms with Crippen molar-refractivity contribution in [3.8, 4) is 0 Å². The Morgan fingerprint density at radius 3 is 2.94 bits per heavy atom. The van der Waals surface area contributed by atoms with Crippen molar-refractivity contribution >= 4 is 33.4 Å². The number of nitrogens with one attached hydrogen (secondary N) is 2. The molecular weight excluding hydrogens is 316 g/mol. The van der Waals surface area contributed by atoms with Crippen LogP contribution in [0.15, 0.2) is 22.7 Å². The molecule has 1 atom stereocenters. The van der Waals surface area contributed by atoms with E-state index in [4.69, 9.17) is 11.6 Å². The first-order chi connectivity index (χ1) is 8.65. The summed E-state index contributed by atoms with van der Waals surface area (Å²) in [5.74, 6) is -0.0508. The zero-order valence-corrected chi connectivity index (χ0v) is 12.4. The highest BCUT2D eigenvalue weighted by molar-refractivity contribution is 9.10. The molecule has 1 unspecified atom stereocenters. The lowest BCUT2D eigenvalue weighted by atomic mass is 10.1. The molecule has 1 heterocycles. The molecule has 2 N–H and O–H groups in total. The largest absolute Gasteiger partial charge is 0.349 e. The molecule has 1 fully saturated rings. The van der Waals surface area contributed by atoms with Crippen LogP contribution >= 0.6 is 27.5 Å². The second-order valence-electron chi connectivity index (χ2n) is 4.51. The summed E-state index contributed by atoms with van der Waals surface area (Å²) in [5, 5.41) is 6.97. The maximum atomic E-state index is 12.1. The number of benzene rings is 1. The number of halogens is 2. The van der Waals surface area contributed by atoms with Gasteiger partial charge in [-0.2, -0.15) is 0 Å². The van der Waals surface area contributed by atoms with Gasteiger partial charge in [-0.3, -0.25) is 4.79 Å². The average molecular weight is 332 g/mol. The Bertz CT molecular complexity index is 411. The first-order valence-corrected chi connectivity index (χ1v) is 7.30. The van der Waals surface area contributed by atoms with Crippen molar-refractivity contribution in [1.82, 2.24) is 10.6 Å². The fourth-order valence-corrected chi connectivity index (χ4v) is 2.98. The molecule has 3 nitrogen and oxygen atoms in total. The van der Waals surface area contributed by atoms with Gasteiger partial charge in [0.05, 0.1) is 0 Å². The smallest absolute Gasteiger partial charge is 0.251 e. The number of carbonyl (C=O) groups is 1. The average Bonchev–Trinajstić information content (AvgIpc) is 2.56. The van der Waals surface area contributed by atoms with Gasteiger partial charge in [0.25, 0.3) is 5.91 Å². The fourth-order valence-electron chi connectivity index (χ4n) is 2.12. The van der Waals surface area contributed by atoms with Crippen molar-refractivity contribution in [3.05, 3.63) is 33.3 Å². The van der Waals surface area contributed by atoms with E-state index in [0.29, 0.717) is 10.6 Å². The summed E-state index contributed by atoms with van der Waals surface area (Å²) < 4.78 is 0.822. The van der Waals surface area contributed by atoms with Crippen molar-refractivity contribution < 1.29 is 4.79 Å². The molecule has 1 aliphatic rings. The summed E-state index contributed by atoms with van der Waals surface area (Å²) in [7, 11) is 0. The van der Waals surface area contributed by atoms with Gasteiger partial charge in [-0.15, -0.1) is 0 Å². The minimum atomic E-state index is -0.0508. The van der Waals surface area contributed by atoms with Crippen molar-refractivity contribution in [1.29, 1.82) is 0 Å². The minimum Gasteiger partial charge on any atom is -0.349 e. The number of carbonyl (C=O) groups excluding carboxylic acids is 1. The van der Waals surface area contributed by atoms with Crippen LogP contribution in [0.4, 0.5) is 0 Å². The maximum Gasteiger partial charge on any atom is 0.251 e. The lowest BCUT2D eigenvalue weighted by Crippen LogP contribution is -2.35. The van der Waals surface area contributed by atoms with Crippen LogP contribution in [-0.4, -0.2) is 25.0 Å². The van der Waals surface area contributed by atoms with Crippen LogP contribution in [0.1, 0.15) is 29.6 Å². The van der Waals surface area contributed by atoms with Gasteiger partial charge in [0.1, 0.15) is 0 Å². The molecule has 0 spiro atoms. The first kappa shape index (κ1) is 13.8. The highest BCUT2D eigenvalue weighted by Gasteiger charge is 2.16. The summed E-state index contributed by atoms with van der Waals surface area (Å²) in [4.78, 5) is 12.1. The van der Waals surface area contributed by atoms with Gasteiger partial charge in [0.15, 0.2) is 0 Å². The number of hydrogen-bond acceptors (Lipinski definition) is 2. The number of amides is 1. The molecule has 1 aromatic rings. The third kappa shape index (κ3) is 3.97. The zero-order valence-electron chi connectivity index (χ0n) is 10.0. The van der Waals surface area contributed by atoms with E-state index in [1.54, 1.807) is 18.2 Å². The Morgan fingerprint density at radius 1 is 1.33 bits per heavy atom. The predicted molar refractivity (Wildman–Crippen MR) is 77.1 cm³/mol. The molecule has 0 aromatic heterocycles. The van der Waals surface area contributed by atoms with Gasteiger partial charge < -0.3 is 10.6 Å². The molecule has 0 saturated carbocycles. The Morgan fingerprint density at radius 2 is 2.17 bits per heavy atom. The Balaban J connectivity index is 2.01. The monoisotopic (exact) mass is 330 g/mol. The van der Waals surface area contributed by atoms with Crippen LogP contribution in [-0.2, 0) is 0 Å². The minimum absolute atomic E-state index is 0.0508. The third-order valence-corrected chi connectivity index (χ3v) is 3.71. The van der Waals surface area contributed by atoms with Crippen molar-refractivity contribution in [2.45, 2.75) is 25.3 Å². The van der Waals surface area contributed by atoms with Gasteiger partial charge in [-0.05, 0) is 50.6 Å². The Kier molecular flexibility index (Phi) is 5.03. The van der Waals surface area contributed by atoms with Gasteiger partial charge in [-0.1, -0.05) is 27.5 Å². The molecule has 1 amide bonds. The van der Waals surface area contributed by atoms with E-state index in [-0.39, 0.29) is 11.9 Å². The Hall–Kier alpha value is -0.580. The molecule has 18 heavy (non-hydrogen) atoms. The van der Waals surface area contributed by atoms with E-state index in [1.807, 2.05) is 0 Å². The number of hydrogen-bond donors (Lipinski definition) is 2. The van der Waals surface area contributed by atoms with Crippen molar-refractivity contribution in [2.75, 3.05) is 13.1 Å². The summed E-state index contributed by atoms with van der Waals surface area (Å²) in [6.07, 6.45) is 3.11. The maximum absolute atomic E-state index is 12.1. The van der Waals surface area contributed by atoms with Gasteiger partial charge in [0, 0.05) is 21.1 Å². The van der Waals surface area contributed by atoms with E-state index in [0.717, 1.165) is 36.8 Å². The molecule has 1 aromatic carbocycles. The molecular formula is C13H16BrClN2O. The molecule has 0 aliphatic carbocycles. The van der Waals surface area contributed by atoms with E-state index in [2.05, 4.69) is 26.6 Å². The quantitative estimate of drug-likeness (QED) is 0.875. The lowest BCUT2D eigenvalue weighted by molar-refractivity contribution is 0.0934. The van der Waals surface area contributed by atoms with Crippen LogP contribution in [0.25, 0.3) is 0 Å². The molecule has 1 aliphatic heterocycles. The molecule has 0 bridgehead atoms. The normalized spacial score (nSPS) is 20.2. The van der Waals surface area contributed by atoms with Crippen LogP contribution in [0.5, 0.6) is 0 Å². The number of rotatable bonds is 2. The summed E-state index contributed by atoms with van der Waals surface area (Å²) in [6, 6.07) is 5.51. The summed E-state index contributed by atoms with van der Waals surface area (Å²) >= 11 is 9.29. The molecule has 0 radical (unpaired) electrons. The Labute approximate surface area is 120 Å². The predicted octanol–water partition coefficient (Wildman–Crippen LogP) is 2.97. The van der Waals surface area contributed by atoms with Crippen LogP contribution in [0.2, 0.25) is 5.02 Å². The van der Waals surface area contributed by atoms with Gasteiger partial charge in [-0.25, -0.2) is 0 Å². The van der Waals surface area contributed by atoms with E-state index < -0.39 is 0 Å². The molecule has 1 saturated heterocycles. The van der Waals surface area contributed by atoms with E-state index in [1.165, 1.54) is 0 Å². The SMILES string of the molecule is O=C(NC1CCCNCC1)c1cc(Cl)cc(Br)c1. The van der Waals surface area contributed by atoms with Crippen molar-refractivity contribution in [3.63, 3.8) is 0 Å². The molecule has 5 heteroatoms. The first-order valence-electron chi connectivity index (χ1n) is 6.13. The van der Waals surface area contributed by atoms with Gasteiger partial charge >= 0.3 is 0 Å². The summed E-state index contributed by atoms with van der Waals surface area (Å²) in [6.45, 7) is 2.00. The summed E-state index contributed by atoms with van der Waals surface area (Å²) in [5.41, 5.74) is 0.603.